The van der Waals surface area contributed by atoms with Crippen LogP contribution in [0.1, 0.15) is 64.2 Å². The summed E-state index contributed by atoms with van der Waals surface area (Å²) in [7, 11) is 0. The van der Waals surface area contributed by atoms with Crippen LogP contribution in [0, 0.1) is 22.7 Å². The minimum absolute atomic E-state index is 0.0516. The van der Waals surface area contributed by atoms with Crippen molar-refractivity contribution in [3.63, 3.8) is 0 Å². The fourth-order valence-electron chi connectivity index (χ4n) is 6.71. The summed E-state index contributed by atoms with van der Waals surface area (Å²) in [6, 6.07) is 1.99. The van der Waals surface area contributed by atoms with Gasteiger partial charge in [-0.15, -0.1) is 0 Å². The number of fused-ring (bicyclic) bond motifs is 4. The van der Waals surface area contributed by atoms with E-state index in [1.807, 2.05) is 19.9 Å². The molecular weight excluding hydrogens is 304 g/mol. The standard InChI is InChI=1S/C20H30O4/c1-11-12-6-9-24-14(12)10-13-15(11)16(21)17(22)20(23)18(2,3)7-5-8-19(13,20)4/h6,9,11,13,15-17,21-23H,5,7-8,10H2,1-4H3/t11-,13-,15-,16+,17+,19+,20+/m0/s1. The van der Waals surface area contributed by atoms with Crippen LogP contribution in [0.25, 0.3) is 0 Å². The molecule has 1 aromatic heterocycles. The van der Waals surface area contributed by atoms with Gasteiger partial charge in [0, 0.05) is 11.8 Å². The van der Waals surface area contributed by atoms with Gasteiger partial charge in [0.1, 0.15) is 17.5 Å². The Bertz CT molecular complexity index is 650. The van der Waals surface area contributed by atoms with Crippen LogP contribution in [0.4, 0.5) is 0 Å². The molecule has 0 aromatic carbocycles. The Morgan fingerprint density at radius 2 is 1.88 bits per heavy atom. The second kappa shape index (κ2) is 4.87. The van der Waals surface area contributed by atoms with E-state index in [0.29, 0.717) is 0 Å². The molecule has 4 rings (SSSR count). The Morgan fingerprint density at radius 3 is 2.58 bits per heavy atom. The molecule has 3 N–H and O–H groups in total. The molecular formula is C20H30O4. The average molecular weight is 334 g/mol. The summed E-state index contributed by atoms with van der Waals surface area (Å²) in [6.07, 6.45) is 3.20. The summed E-state index contributed by atoms with van der Waals surface area (Å²) >= 11 is 0. The predicted molar refractivity (Wildman–Crippen MR) is 90.5 cm³/mol. The number of aliphatic hydroxyl groups is 3. The number of hydrogen-bond donors (Lipinski definition) is 3. The zero-order chi connectivity index (χ0) is 17.5. The molecule has 2 fully saturated rings. The van der Waals surface area contributed by atoms with Gasteiger partial charge < -0.3 is 19.7 Å². The number of furan rings is 1. The third-order valence-corrected chi connectivity index (χ3v) is 8.08. The summed E-state index contributed by atoms with van der Waals surface area (Å²) in [5.74, 6) is 1.16. The Morgan fingerprint density at radius 1 is 1.17 bits per heavy atom. The van der Waals surface area contributed by atoms with E-state index in [-0.39, 0.29) is 17.8 Å². The van der Waals surface area contributed by atoms with Crippen LogP contribution in [0.3, 0.4) is 0 Å². The van der Waals surface area contributed by atoms with Gasteiger partial charge in [-0.25, -0.2) is 0 Å². The lowest BCUT2D eigenvalue weighted by atomic mass is 9.40. The molecule has 0 aliphatic heterocycles. The Balaban J connectivity index is 1.89. The summed E-state index contributed by atoms with van der Waals surface area (Å²) < 4.78 is 5.72. The molecule has 0 unspecified atom stereocenters. The molecule has 24 heavy (non-hydrogen) atoms. The molecule has 3 aliphatic rings. The molecule has 134 valence electrons. The summed E-state index contributed by atoms with van der Waals surface area (Å²) in [6.45, 7) is 8.31. The van der Waals surface area contributed by atoms with E-state index in [1.165, 1.54) is 0 Å². The maximum Gasteiger partial charge on any atom is 0.110 e. The van der Waals surface area contributed by atoms with Gasteiger partial charge in [0.05, 0.1) is 12.4 Å². The van der Waals surface area contributed by atoms with Crippen LogP contribution in [0.5, 0.6) is 0 Å². The molecule has 3 aliphatic carbocycles. The summed E-state index contributed by atoms with van der Waals surface area (Å²) in [4.78, 5) is 0. The fraction of sp³-hybridized carbons (Fsp3) is 0.800. The lowest BCUT2D eigenvalue weighted by molar-refractivity contribution is -0.313. The molecule has 0 saturated heterocycles. The molecule has 1 aromatic rings. The van der Waals surface area contributed by atoms with Gasteiger partial charge in [0.2, 0.25) is 0 Å². The van der Waals surface area contributed by atoms with Crippen molar-refractivity contribution in [2.45, 2.75) is 77.1 Å². The molecule has 0 bridgehead atoms. The van der Waals surface area contributed by atoms with Crippen LogP contribution in [-0.2, 0) is 6.42 Å². The van der Waals surface area contributed by atoms with Crippen molar-refractivity contribution >= 4 is 0 Å². The highest BCUT2D eigenvalue weighted by Gasteiger charge is 2.71. The molecule has 0 amide bonds. The molecule has 2 saturated carbocycles. The van der Waals surface area contributed by atoms with Crippen molar-refractivity contribution in [1.29, 1.82) is 0 Å². The zero-order valence-corrected chi connectivity index (χ0v) is 15.1. The van der Waals surface area contributed by atoms with Crippen molar-refractivity contribution in [3.05, 3.63) is 23.7 Å². The van der Waals surface area contributed by atoms with Gasteiger partial charge in [-0.1, -0.05) is 34.1 Å². The highest BCUT2D eigenvalue weighted by Crippen LogP contribution is 2.66. The van der Waals surface area contributed by atoms with Crippen molar-refractivity contribution in [2.24, 2.45) is 22.7 Å². The second-order valence-electron chi connectivity index (χ2n) is 9.33. The monoisotopic (exact) mass is 334 g/mol. The largest absolute Gasteiger partial charge is 0.469 e. The molecule has 1 heterocycles. The molecule has 7 atom stereocenters. The van der Waals surface area contributed by atoms with Gasteiger partial charge in [0.25, 0.3) is 0 Å². The summed E-state index contributed by atoms with van der Waals surface area (Å²) in [5.41, 5.74) is -1.01. The normalized spacial score (nSPS) is 49.9. The smallest absolute Gasteiger partial charge is 0.110 e. The molecule has 0 radical (unpaired) electrons. The van der Waals surface area contributed by atoms with E-state index in [4.69, 9.17) is 4.42 Å². The van der Waals surface area contributed by atoms with Crippen molar-refractivity contribution in [3.8, 4) is 0 Å². The minimum atomic E-state index is -1.29. The van der Waals surface area contributed by atoms with Gasteiger partial charge in [0.15, 0.2) is 0 Å². The predicted octanol–water partition coefficient (Wildman–Crippen LogP) is 2.85. The maximum atomic E-state index is 11.8. The third kappa shape index (κ3) is 1.70. The molecule has 4 nitrogen and oxygen atoms in total. The highest BCUT2D eigenvalue weighted by atomic mass is 16.4. The van der Waals surface area contributed by atoms with E-state index in [9.17, 15) is 15.3 Å². The Kier molecular flexibility index (Phi) is 3.37. The second-order valence-corrected chi connectivity index (χ2v) is 9.33. The first kappa shape index (κ1) is 16.6. The van der Waals surface area contributed by atoms with E-state index in [2.05, 4.69) is 13.8 Å². The Labute approximate surface area is 143 Å². The van der Waals surface area contributed by atoms with E-state index < -0.39 is 28.6 Å². The van der Waals surface area contributed by atoms with Crippen molar-refractivity contribution in [2.75, 3.05) is 0 Å². The fourth-order valence-corrected chi connectivity index (χ4v) is 6.71. The minimum Gasteiger partial charge on any atom is -0.469 e. The number of aliphatic hydroxyl groups excluding tert-OH is 2. The van der Waals surface area contributed by atoms with Gasteiger partial charge in [-0.2, -0.15) is 0 Å². The lowest BCUT2D eigenvalue weighted by Gasteiger charge is -2.68. The van der Waals surface area contributed by atoms with Gasteiger partial charge in [-0.3, -0.25) is 0 Å². The van der Waals surface area contributed by atoms with E-state index >= 15 is 0 Å². The van der Waals surface area contributed by atoms with E-state index in [0.717, 1.165) is 37.0 Å². The SMILES string of the molecule is C[C@H]1c2ccoc2C[C@H]2[C@H]1[C@@H](O)[C@@H](O)[C@@]1(O)C(C)(C)CCC[C@]21C. The maximum absolute atomic E-state index is 11.8. The van der Waals surface area contributed by atoms with Crippen LogP contribution < -0.4 is 0 Å². The zero-order valence-electron chi connectivity index (χ0n) is 15.1. The number of hydrogen-bond acceptors (Lipinski definition) is 4. The first-order chi connectivity index (χ1) is 11.1. The van der Waals surface area contributed by atoms with Crippen LogP contribution in [0.15, 0.2) is 16.7 Å². The lowest BCUT2D eigenvalue weighted by Crippen LogP contribution is -2.76. The van der Waals surface area contributed by atoms with Gasteiger partial charge >= 0.3 is 0 Å². The van der Waals surface area contributed by atoms with Crippen LogP contribution in [-0.4, -0.2) is 33.1 Å². The average Bonchev–Trinajstić information content (AvgIpc) is 2.98. The number of rotatable bonds is 0. The molecule has 4 heteroatoms. The van der Waals surface area contributed by atoms with Gasteiger partial charge in [-0.05, 0) is 47.6 Å². The first-order valence-electron chi connectivity index (χ1n) is 9.30. The van der Waals surface area contributed by atoms with Crippen LogP contribution in [0.2, 0.25) is 0 Å². The van der Waals surface area contributed by atoms with E-state index in [1.54, 1.807) is 6.26 Å². The highest BCUT2D eigenvalue weighted by molar-refractivity contribution is 5.32. The first-order valence-corrected chi connectivity index (χ1v) is 9.30. The van der Waals surface area contributed by atoms with Crippen molar-refractivity contribution < 1.29 is 19.7 Å². The van der Waals surface area contributed by atoms with Crippen molar-refractivity contribution in [1.82, 2.24) is 0 Å². The quantitative estimate of drug-likeness (QED) is 0.682. The molecule has 0 spiro atoms. The Hall–Kier alpha value is -0.840. The summed E-state index contributed by atoms with van der Waals surface area (Å²) in [5, 5.41) is 33.9. The topological polar surface area (TPSA) is 73.8 Å². The third-order valence-electron chi connectivity index (χ3n) is 8.08. The van der Waals surface area contributed by atoms with Crippen LogP contribution >= 0.6 is 0 Å².